The molecule has 1 atom stereocenters. The Bertz CT molecular complexity index is 352. The summed E-state index contributed by atoms with van der Waals surface area (Å²) < 4.78 is 10.9. The van der Waals surface area contributed by atoms with Crippen molar-refractivity contribution in [3.63, 3.8) is 0 Å². The summed E-state index contributed by atoms with van der Waals surface area (Å²) in [6.45, 7) is 5.70. The van der Waals surface area contributed by atoms with E-state index in [9.17, 15) is 0 Å². The number of benzene rings is 1. The molecule has 3 heteroatoms. The molecule has 1 aromatic carbocycles. The summed E-state index contributed by atoms with van der Waals surface area (Å²) in [6.07, 6.45) is 2.12. The normalized spacial score (nSPS) is 15.1. The van der Waals surface area contributed by atoms with Crippen molar-refractivity contribution in [1.82, 2.24) is 5.32 Å². The van der Waals surface area contributed by atoms with Crippen molar-refractivity contribution in [3.8, 4) is 11.5 Å². The van der Waals surface area contributed by atoms with Crippen LogP contribution in [0.3, 0.4) is 0 Å². The number of nitrogens with one attached hydrogen (secondary N) is 1. The first-order chi connectivity index (χ1) is 7.85. The summed E-state index contributed by atoms with van der Waals surface area (Å²) >= 11 is 0. The molecule has 0 saturated carbocycles. The zero-order valence-corrected chi connectivity index (χ0v) is 9.95. The highest BCUT2D eigenvalue weighted by Crippen LogP contribution is 2.35. The van der Waals surface area contributed by atoms with Gasteiger partial charge in [0.2, 0.25) is 6.79 Å². The number of likely N-dealkylation sites (N-methyl/N-ethyl adjacent to an activating group) is 1. The SMILES string of the molecule is CCNC(CC)Cc1cccc2c1OCO2. The van der Waals surface area contributed by atoms with Gasteiger partial charge in [0.15, 0.2) is 11.5 Å². The molecule has 0 aromatic heterocycles. The minimum atomic E-state index is 0.352. The highest BCUT2D eigenvalue weighted by Gasteiger charge is 2.18. The second-order valence-corrected chi connectivity index (χ2v) is 4.02. The van der Waals surface area contributed by atoms with Crippen molar-refractivity contribution in [3.05, 3.63) is 23.8 Å². The van der Waals surface area contributed by atoms with E-state index in [1.165, 1.54) is 5.56 Å². The van der Waals surface area contributed by atoms with Crippen LogP contribution in [0, 0.1) is 0 Å². The lowest BCUT2D eigenvalue weighted by molar-refractivity contribution is 0.173. The first kappa shape index (κ1) is 11.3. The van der Waals surface area contributed by atoms with Gasteiger partial charge in [-0.05, 0) is 31.0 Å². The zero-order valence-electron chi connectivity index (χ0n) is 9.95. The van der Waals surface area contributed by atoms with E-state index in [2.05, 4.69) is 25.2 Å². The van der Waals surface area contributed by atoms with E-state index in [1.54, 1.807) is 0 Å². The smallest absolute Gasteiger partial charge is 0.231 e. The van der Waals surface area contributed by atoms with Gasteiger partial charge in [-0.3, -0.25) is 0 Å². The van der Waals surface area contributed by atoms with Crippen molar-refractivity contribution in [2.45, 2.75) is 32.7 Å². The topological polar surface area (TPSA) is 30.5 Å². The van der Waals surface area contributed by atoms with Crippen LogP contribution in [0.4, 0.5) is 0 Å². The lowest BCUT2D eigenvalue weighted by Gasteiger charge is -2.16. The minimum Gasteiger partial charge on any atom is -0.454 e. The number of hydrogen-bond acceptors (Lipinski definition) is 3. The van der Waals surface area contributed by atoms with Gasteiger partial charge in [0, 0.05) is 6.04 Å². The van der Waals surface area contributed by atoms with E-state index < -0.39 is 0 Å². The molecule has 0 spiro atoms. The van der Waals surface area contributed by atoms with E-state index in [0.29, 0.717) is 12.8 Å². The van der Waals surface area contributed by atoms with Crippen molar-refractivity contribution in [1.29, 1.82) is 0 Å². The minimum absolute atomic E-state index is 0.352. The number of fused-ring (bicyclic) bond motifs is 1. The predicted molar refractivity (Wildman–Crippen MR) is 64.0 cm³/mol. The monoisotopic (exact) mass is 221 g/mol. The Labute approximate surface area is 96.8 Å². The Kier molecular flexibility index (Phi) is 3.67. The summed E-state index contributed by atoms with van der Waals surface area (Å²) in [6, 6.07) is 6.62. The summed E-state index contributed by atoms with van der Waals surface area (Å²) in [5, 5.41) is 3.48. The third-order valence-electron chi connectivity index (χ3n) is 2.93. The molecule has 0 radical (unpaired) electrons. The highest BCUT2D eigenvalue weighted by molar-refractivity contribution is 5.48. The quantitative estimate of drug-likeness (QED) is 0.828. The Morgan fingerprint density at radius 3 is 2.94 bits per heavy atom. The molecule has 0 fully saturated rings. The van der Waals surface area contributed by atoms with Crippen molar-refractivity contribution in [2.24, 2.45) is 0 Å². The molecule has 0 saturated heterocycles. The van der Waals surface area contributed by atoms with Crippen molar-refractivity contribution in [2.75, 3.05) is 13.3 Å². The first-order valence-electron chi connectivity index (χ1n) is 5.96. The van der Waals surface area contributed by atoms with Gasteiger partial charge < -0.3 is 14.8 Å². The van der Waals surface area contributed by atoms with E-state index in [4.69, 9.17) is 9.47 Å². The molecule has 1 heterocycles. The molecule has 1 aliphatic rings. The van der Waals surface area contributed by atoms with Gasteiger partial charge in [-0.25, -0.2) is 0 Å². The predicted octanol–water partition coefficient (Wildman–Crippen LogP) is 2.35. The molecule has 1 aromatic rings. The third-order valence-corrected chi connectivity index (χ3v) is 2.93. The summed E-state index contributed by atoms with van der Waals surface area (Å²) in [5.41, 5.74) is 1.24. The van der Waals surface area contributed by atoms with Crippen LogP contribution in [-0.2, 0) is 6.42 Å². The van der Waals surface area contributed by atoms with Gasteiger partial charge in [-0.2, -0.15) is 0 Å². The maximum Gasteiger partial charge on any atom is 0.231 e. The fraction of sp³-hybridized carbons (Fsp3) is 0.538. The van der Waals surface area contributed by atoms with Crippen LogP contribution in [0.1, 0.15) is 25.8 Å². The number of ether oxygens (including phenoxy) is 2. The standard InChI is InChI=1S/C13H19NO2/c1-3-11(14-4-2)8-10-6-5-7-12-13(10)16-9-15-12/h5-7,11,14H,3-4,8-9H2,1-2H3. The molecule has 16 heavy (non-hydrogen) atoms. The van der Waals surface area contributed by atoms with Gasteiger partial charge in [0.25, 0.3) is 0 Å². The molecule has 2 rings (SSSR count). The van der Waals surface area contributed by atoms with Crippen molar-refractivity contribution >= 4 is 0 Å². The number of para-hydroxylation sites is 1. The largest absolute Gasteiger partial charge is 0.454 e. The zero-order chi connectivity index (χ0) is 11.4. The van der Waals surface area contributed by atoms with Gasteiger partial charge in [0.05, 0.1) is 0 Å². The van der Waals surface area contributed by atoms with Crippen LogP contribution in [0.15, 0.2) is 18.2 Å². The summed E-state index contributed by atoms with van der Waals surface area (Å²) in [5.74, 6) is 1.81. The molecule has 88 valence electrons. The molecule has 1 unspecified atom stereocenters. The van der Waals surface area contributed by atoms with E-state index in [0.717, 1.165) is 30.9 Å². The highest BCUT2D eigenvalue weighted by atomic mass is 16.7. The Morgan fingerprint density at radius 1 is 1.31 bits per heavy atom. The van der Waals surface area contributed by atoms with E-state index >= 15 is 0 Å². The average molecular weight is 221 g/mol. The first-order valence-corrected chi connectivity index (χ1v) is 5.96. The number of rotatable bonds is 5. The average Bonchev–Trinajstić information content (AvgIpc) is 2.77. The Balaban J connectivity index is 2.12. The number of hydrogen-bond donors (Lipinski definition) is 1. The van der Waals surface area contributed by atoms with Crippen LogP contribution in [-0.4, -0.2) is 19.4 Å². The van der Waals surface area contributed by atoms with Gasteiger partial charge >= 0.3 is 0 Å². The molecule has 0 amide bonds. The van der Waals surface area contributed by atoms with Crippen molar-refractivity contribution < 1.29 is 9.47 Å². The summed E-state index contributed by atoms with van der Waals surface area (Å²) in [7, 11) is 0. The molecular formula is C13H19NO2. The molecule has 1 aliphatic heterocycles. The van der Waals surface area contributed by atoms with Crippen LogP contribution < -0.4 is 14.8 Å². The lowest BCUT2D eigenvalue weighted by Crippen LogP contribution is -2.30. The maximum atomic E-state index is 5.50. The second kappa shape index (κ2) is 5.21. The molecule has 1 N–H and O–H groups in total. The van der Waals surface area contributed by atoms with Gasteiger partial charge in [0.1, 0.15) is 0 Å². The molecule has 0 bridgehead atoms. The van der Waals surface area contributed by atoms with Gasteiger partial charge in [-0.15, -0.1) is 0 Å². The summed E-state index contributed by atoms with van der Waals surface area (Å²) in [4.78, 5) is 0. The van der Waals surface area contributed by atoms with Crippen LogP contribution in [0.2, 0.25) is 0 Å². The molecule has 3 nitrogen and oxygen atoms in total. The lowest BCUT2D eigenvalue weighted by atomic mass is 10.0. The fourth-order valence-corrected chi connectivity index (χ4v) is 2.07. The molecule has 0 aliphatic carbocycles. The second-order valence-electron chi connectivity index (χ2n) is 4.02. The van der Waals surface area contributed by atoms with Crippen LogP contribution >= 0.6 is 0 Å². The third kappa shape index (κ3) is 2.30. The van der Waals surface area contributed by atoms with Gasteiger partial charge in [-0.1, -0.05) is 26.0 Å². The van der Waals surface area contributed by atoms with Crippen LogP contribution in [0.5, 0.6) is 11.5 Å². The maximum absolute atomic E-state index is 5.50. The Hall–Kier alpha value is -1.22. The Morgan fingerprint density at radius 2 is 2.19 bits per heavy atom. The molecular weight excluding hydrogens is 202 g/mol. The van der Waals surface area contributed by atoms with E-state index in [-0.39, 0.29) is 0 Å². The van der Waals surface area contributed by atoms with Crippen LogP contribution in [0.25, 0.3) is 0 Å². The van der Waals surface area contributed by atoms with E-state index in [1.807, 2.05) is 12.1 Å². The fourth-order valence-electron chi connectivity index (χ4n) is 2.07.